The topological polar surface area (TPSA) is 106 Å². The maximum absolute atomic E-state index is 11.4. The first-order valence-corrected chi connectivity index (χ1v) is 4.67. The van der Waals surface area contributed by atoms with Gasteiger partial charge in [-0.2, -0.15) is 0 Å². The van der Waals surface area contributed by atoms with Gasteiger partial charge in [0.05, 0.1) is 12.5 Å². The Morgan fingerprint density at radius 1 is 1.53 bits per heavy atom. The second kappa shape index (κ2) is 5.21. The molecule has 0 aliphatic carbocycles. The first-order chi connectivity index (χ1) is 7.13. The van der Waals surface area contributed by atoms with Crippen molar-refractivity contribution < 1.29 is 14.7 Å². The van der Waals surface area contributed by atoms with Crippen molar-refractivity contribution in [2.24, 2.45) is 5.11 Å². The molecule has 1 fully saturated rings. The molecule has 1 amide bonds. The Bertz CT molecular complexity index is 311. The van der Waals surface area contributed by atoms with Gasteiger partial charge in [-0.05, 0) is 12.0 Å². The summed E-state index contributed by atoms with van der Waals surface area (Å²) in [6.07, 6.45) is 0.517. The van der Waals surface area contributed by atoms with Crippen LogP contribution >= 0.6 is 0 Å². The first kappa shape index (κ1) is 11.3. The minimum atomic E-state index is -0.978. The van der Waals surface area contributed by atoms with Crippen LogP contribution in [0.4, 0.5) is 0 Å². The minimum absolute atomic E-state index is 0.0122. The molecule has 0 aromatic carbocycles. The van der Waals surface area contributed by atoms with Crippen LogP contribution in [0.3, 0.4) is 0 Å². The highest BCUT2D eigenvalue weighted by atomic mass is 16.4. The van der Waals surface area contributed by atoms with Crippen molar-refractivity contribution in [1.82, 2.24) is 4.90 Å². The summed E-state index contributed by atoms with van der Waals surface area (Å²) in [4.78, 5) is 25.9. The Morgan fingerprint density at radius 2 is 2.27 bits per heavy atom. The number of carboxylic acids is 1. The first-order valence-electron chi connectivity index (χ1n) is 4.67. The fourth-order valence-corrected chi connectivity index (χ4v) is 1.51. The molecule has 0 aromatic rings. The van der Waals surface area contributed by atoms with Crippen molar-refractivity contribution in [2.45, 2.75) is 25.3 Å². The lowest BCUT2D eigenvalue weighted by Gasteiger charge is -2.14. The van der Waals surface area contributed by atoms with Gasteiger partial charge in [-0.15, -0.1) is 0 Å². The minimum Gasteiger partial charge on any atom is -0.481 e. The van der Waals surface area contributed by atoms with Crippen molar-refractivity contribution in [3.63, 3.8) is 0 Å². The fraction of sp³-hybridized carbons (Fsp3) is 0.750. The lowest BCUT2D eigenvalue weighted by molar-refractivity contribution is -0.140. The van der Waals surface area contributed by atoms with E-state index in [1.807, 2.05) is 0 Å². The third-order valence-electron chi connectivity index (χ3n) is 2.28. The monoisotopic (exact) mass is 212 g/mol. The predicted molar refractivity (Wildman–Crippen MR) is 51.0 cm³/mol. The largest absolute Gasteiger partial charge is 0.481 e. The van der Waals surface area contributed by atoms with Gasteiger partial charge in [-0.1, -0.05) is 5.11 Å². The number of hydrogen-bond donors (Lipinski definition) is 1. The van der Waals surface area contributed by atoms with Crippen LogP contribution in [0.1, 0.15) is 19.3 Å². The van der Waals surface area contributed by atoms with E-state index < -0.39 is 5.97 Å². The number of rotatable bonds is 4. The van der Waals surface area contributed by atoms with Crippen molar-refractivity contribution in [1.29, 1.82) is 0 Å². The van der Waals surface area contributed by atoms with Crippen LogP contribution in [0.15, 0.2) is 5.11 Å². The molecule has 1 heterocycles. The zero-order valence-electron chi connectivity index (χ0n) is 8.17. The summed E-state index contributed by atoms with van der Waals surface area (Å²) in [6, 6.07) is -0.163. The van der Waals surface area contributed by atoms with E-state index in [2.05, 4.69) is 10.0 Å². The van der Waals surface area contributed by atoms with E-state index in [1.165, 1.54) is 0 Å². The van der Waals surface area contributed by atoms with E-state index in [-0.39, 0.29) is 24.8 Å². The van der Waals surface area contributed by atoms with Crippen molar-refractivity contribution >= 4 is 11.9 Å². The molecule has 82 valence electrons. The van der Waals surface area contributed by atoms with Crippen molar-refractivity contribution in [3.8, 4) is 0 Å². The second-order valence-electron chi connectivity index (χ2n) is 3.38. The van der Waals surface area contributed by atoms with Crippen LogP contribution < -0.4 is 0 Å². The normalized spacial score (nSPS) is 19.7. The van der Waals surface area contributed by atoms with Gasteiger partial charge in [0, 0.05) is 24.4 Å². The fourth-order valence-electron chi connectivity index (χ4n) is 1.51. The van der Waals surface area contributed by atoms with Crippen LogP contribution in [-0.4, -0.2) is 41.0 Å². The van der Waals surface area contributed by atoms with Crippen LogP contribution in [0, 0.1) is 0 Å². The number of amides is 1. The molecule has 0 spiro atoms. The molecule has 7 nitrogen and oxygen atoms in total. The van der Waals surface area contributed by atoms with Crippen molar-refractivity contribution in [2.75, 3.05) is 13.1 Å². The van der Waals surface area contributed by atoms with E-state index >= 15 is 0 Å². The number of carbonyl (C=O) groups is 2. The number of azide groups is 1. The van der Waals surface area contributed by atoms with E-state index in [1.54, 1.807) is 4.90 Å². The number of aliphatic carboxylic acids is 1. The van der Waals surface area contributed by atoms with Gasteiger partial charge in [0.1, 0.15) is 0 Å². The maximum atomic E-state index is 11.4. The summed E-state index contributed by atoms with van der Waals surface area (Å²) in [5.74, 6) is -1.16. The molecular formula is C8H12N4O3. The van der Waals surface area contributed by atoms with Gasteiger partial charge in [0.25, 0.3) is 0 Å². The smallest absolute Gasteiger partial charge is 0.303 e. The molecule has 0 aromatic heterocycles. The molecule has 7 heteroatoms. The highest BCUT2D eigenvalue weighted by Gasteiger charge is 2.25. The molecular weight excluding hydrogens is 200 g/mol. The molecule has 1 rings (SSSR count). The van der Waals surface area contributed by atoms with E-state index in [9.17, 15) is 9.59 Å². The van der Waals surface area contributed by atoms with E-state index in [0.29, 0.717) is 19.5 Å². The predicted octanol–water partition coefficient (Wildman–Crippen LogP) is 0.762. The lowest BCUT2D eigenvalue weighted by atomic mass is 10.3. The van der Waals surface area contributed by atoms with Gasteiger partial charge in [-0.3, -0.25) is 9.59 Å². The van der Waals surface area contributed by atoms with Gasteiger partial charge in [0.15, 0.2) is 0 Å². The zero-order valence-corrected chi connectivity index (χ0v) is 8.17. The number of likely N-dealkylation sites (tertiary alicyclic amines) is 1. The lowest BCUT2D eigenvalue weighted by Crippen LogP contribution is -2.29. The molecule has 1 aliphatic heterocycles. The SMILES string of the molecule is [N-]=[N+]=NC1CCN(C(=O)CCC(=O)O)C1. The molecule has 0 saturated carbocycles. The van der Waals surface area contributed by atoms with Crippen molar-refractivity contribution in [3.05, 3.63) is 10.4 Å². The van der Waals surface area contributed by atoms with Gasteiger partial charge < -0.3 is 10.0 Å². The zero-order chi connectivity index (χ0) is 11.3. The molecule has 0 bridgehead atoms. The van der Waals surface area contributed by atoms with Crippen LogP contribution in [0.25, 0.3) is 10.4 Å². The summed E-state index contributed by atoms with van der Waals surface area (Å²) >= 11 is 0. The highest BCUT2D eigenvalue weighted by Crippen LogP contribution is 2.14. The molecule has 0 radical (unpaired) electrons. The summed E-state index contributed by atoms with van der Waals surface area (Å²) in [5, 5.41) is 11.9. The standard InChI is InChI=1S/C8H12N4O3/c9-11-10-6-3-4-12(5-6)7(13)1-2-8(14)15/h6H,1-5H2,(H,14,15). The van der Waals surface area contributed by atoms with Gasteiger partial charge >= 0.3 is 5.97 Å². The molecule has 15 heavy (non-hydrogen) atoms. The Labute approximate surface area is 86.3 Å². The number of hydrogen-bond acceptors (Lipinski definition) is 3. The van der Waals surface area contributed by atoms with E-state index in [0.717, 1.165) is 0 Å². The van der Waals surface area contributed by atoms with Crippen LogP contribution in [0.2, 0.25) is 0 Å². The molecule has 1 unspecified atom stereocenters. The third kappa shape index (κ3) is 3.47. The Balaban J connectivity index is 2.36. The third-order valence-corrected chi connectivity index (χ3v) is 2.28. The number of nitrogens with zero attached hydrogens (tertiary/aromatic N) is 4. The van der Waals surface area contributed by atoms with Crippen LogP contribution in [0.5, 0.6) is 0 Å². The molecule has 1 saturated heterocycles. The maximum Gasteiger partial charge on any atom is 0.303 e. The summed E-state index contributed by atoms with van der Waals surface area (Å²) < 4.78 is 0. The summed E-state index contributed by atoms with van der Waals surface area (Å²) in [5.41, 5.74) is 8.20. The number of carboxylic acid groups (broad SMARTS) is 1. The van der Waals surface area contributed by atoms with Crippen LogP contribution in [-0.2, 0) is 9.59 Å². The summed E-state index contributed by atoms with van der Waals surface area (Å²) in [7, 11) is 0. The Morgan fingerprint density at radius 3 is 2.87 bits per heavy atom. The average molecular weight is 212 g/mol. The second-order valence-corrected chi connectivity index (χ2v) is 3.38. The quantitative estimate of drug-likeness (QED) is 0.422. The molecule has 1 atom stereocenters. The van der Waals surface area contributed by atoms with Gasteiger partial charge in [0.2, 0.25) is 5.91 Å². The average Bonchev–Trinajstić information content (AvgIpc) is 2.63. The highest BCUT2D eigenvalue weighted by molar-refractivity contribution is 5.80. The van der Waals surface area contributed by atoms with E-state index in [4.69, 9.17) is 10.6 Å². The Kier molecular flexibility index (Phi) is 3.93. The van der Waals surface area contributed by atoms with Gasteiger partial charge in [-0.25, -0.2) is 0 Å². The molecule has 1 N–H and O–H groups in total. The summed E-state index contributed by atoms with van der Waals surface area (Å²) in [6.45, 7) is 0.949. The molecule has 1 aliphatic rings. The number of carbonyl (C=O) groups excluding carboxylic acids is 1. The Hall–Kier alpha value is -1.75.